The van der Waals surface area contributed by atoms with Crippen LogP contribution in [0.3, 0.4) is 0 Å². The van der Waals surface area contributed by atoms with E-state index in [0.29, 0.717) is 12.3 Å². The van der Waals surface area contributed by atoms with Gasteiger partial charge >= 0.3 is 0 Å². The number of nitrogens with two attached hydrogens (primary N) is 1. The summed E-state index contributed by atoms with van der Waals surface area (Å²) in [6.07, 6.45) is 3.60. The maximum Gasteiger partial charge on any atom is 0.226 e. The molecule has 108 valence electrons. The Kier molecular flexibility index (Phi) is 5.73. The van der Waals surface area contributed by atoms with E-state index >= 15 is 0 Å². The van der Waals surface area contributed by atoms with Gasteiger partial charge in [-0.1, -0.05) is 40.1 Å². The summed E-state index contributed by atoms with van der Waals surface area (Å²) in [5.74, 6) is 2.06. The molecule has 5 heteroatoms. The first-order valence-corrected chi connectivity index (χ1v) is 7.72. The van der Waals surface area contributed by atoms with Crippen molar-refractivity contribution in [3.63, 3.8) is 0 Å². The topological polar surface area (TPSA) is 64.9 Å². The van der Waals surface area contributed by atoms with E-state index in [1.165, 1.54) is 5.56 Å². The van der Waals surface area contributed by atoms with Gasteiger partial charge in [-0.15, -0.1) is 0 Å². The molecule has 0 fully saturated rings. The first-order valence-electron chi connectivity index (χ1n) is 6.93. The first kappa shape index (κ1) is 15.2. The molecule has 0 saturated carbocycles. The highest BCUT2D eigenvalue weighted by molar-refractivity contribution is 9.10. The fraction of sp³-hybridized carbons (Fsp3) is 0.467. The van der Waals surface area contributed by atoms with Gasteiger partial charge in [0.25, 0.3) is 0 Å². The van der Waals surface area contributed by atoms with Gasteiger partial charge in [-0.3, -0.25) is 0 Å². The van der Waals surface area contributed by atoms with E-state index in [1.807, 2.05) is 12.1 Å². The van der Waals surface area contributed by atoms with Crippen LogP contribution in [0.5, 0.6) is 0 Å². The van der Waals surface area contributed by atoms with E-state index < -0.39 is 0 Å². The van der Waals surface area contributed by atoms with Crippen LogP contribution in [0.25, 0.3) is 0 Å². The van der Waals surface area contributed by atoms with Gasteiger partial charge in [0, 0.05) is 17.3 Å². The molecule has 0 amide bonds. The molecule has 1 unspecified atom stereocenters. The number of nitrogens with zero attached hydrogens (tertiary/aromatic N) is 2. The van der Waals surface area contributed by atoms with E-state index in [2.05, 4.69) is 45.1 Å². The van der Waals surface area contributed by atoms with Crippen LogP contribution in [-0.4, -0.2) is 16.7 Å². The zero-order chi connectivity index (χ0) is 14.4. The number of aromatic nitrogens is 2. The standard InChI is InChI=1S/C15H20BrN3O/c1-11(7-8-17)5-6-15-18-14(19-20-15)10-12-3-2-4-13(16)9-12/h2-4,9,11H,5-8,10,17H2,1H3. The quantitative estimate of drug-likeness (QED) is 0.841. The summed E-state index contributed by atoms with van der Waals surface area (Å²) in [6.45, 7) is 2.94. The van der Waals surface area contributed by atoms with Crippen molar-refractivity contribution in [2.75, 3.05) is 6.54 Å². The molecule has 2 rings (SSSR count). The summed E-state index contributed by atoms with van der Waals surface area (Å²) in [4.78, 5) is 4.44. The third-order valence-electron chi connectivity index (χ3n) is 3.27. The minimum absolute atomic E-state index is 0.598. The monoisotopic (exact) mass is 337 g/mol. The molecule has 2 N–H and O–H groups in total. The van der Waals surface area contributed by atoms with Crippen LogP contribution in [0.2, 0.25) is 0 Å². The largest absolute Gasteiger partial charge is 0.339 e. The Morgan fingerprint density at radius 2 is 2.20 bits per heavy atom. The number of benzene rings is 1. The lowest BCUT2D eigenvalue weighted by atomic mass is 10.0. The molecule has 4 nitrogen and oxygen atoms in total. The van der Waals surface area contributed by atoms with E-state index in [9.17, 15) is 0 Å². The van der Waals surface area contributed by atoms with Gasteiger partial charge in [0.1, 0.15) is 0 Å². The average Bonchev–Trinajstić information content (AvgIpc) is 2.84. The lowest BCUT2D eigenvalue weighted by Crippen LogP contribution is -2.06. The van der Waals surface area contributed by atoms with Gasteiger partial charge in [0.2, 0.25) is 5.89 Å². The Morgan fingerprint density at radius 1 is 1.35 bits per heavy atom. The first-order chi connectivity index (χ1) is 9.67. The SMILES string of the molecule is CC(CCN)CCc1nc(Cc2cccc(Br)c2)no1. The van der Waals surface area contributed by atoms with Crippen LogP contribution in [0.15, 0.2) is 33.3 Å². The number of rotatable bonds is 7. The maximum atomic E-state index is 5.55. The summed E-state index contributed by atoms with van der Waals surface area (Å²) >= 11 is 3.46. The number of halogens is 1. The zero-order valence-corrected chi connectivity index (χ0v) is 13.3. The van der Waals surface area contributed by atoms with Crippen LogP contribution in [0, 0.1) is 5.92 Å². The third-order valence-corrected chi connectivity index (χ3v) is 3.77. The van der Waals surface area contributed by atoms with E-state index in [0.717, 1.165) is 42.0 Å². The van der Waals surface area contributed by atoms with Crippen LogP contribution in [0.1, 0.15) is 37.0 Å². The van der Waals surface area contributed by atoms with E-state index in [-0.39, 0.29) is 0 Å². The van der Waals surface area contributed by atoms with Gasteiger partial charge in [0.15, 0.2) is 5.82 Å². The average molecular weight is 338 g/mol. The summed E-state index contributed by atoms with van der Waals surface area (Å²) < 4.78 is 6.36. The fourth-order valence-corrected chi connectivity index (χ4v) is 2.54. The molecule has 0 radical (unpaired) electrons. The summed E-state index contributed by atoms with van der Waals surface area (Å²) in [5.41, 5.74) is 6.72. The molecule has 0 aliphatic carbocycles. The fourth-order valence-electron chi connectivity index (χ4n) is 2.09. The van der Waals surface area contributed by atoms with Gasteiger partial charge in [-0.2, -0.15) is 4.98 Å². The molecule has 1 aromatic heterocycles. The molecule has 0 spiro atoms. The molecule has 2 aromatic rings. The predicted molar refractivity (Wildman–Crippen MR) is 82.4 cm³/mol. The van der Waals surface area contributed by atoms with Gasteiger partial charge in [0.05, 0.1) is 0 Å². The maximum absolute atomic E-state index is 5.55. The van der Waals surface area contributed by atoms with Crippen molar-refractivity contribution in [2.45, 2.75) is 32.6 Å². The van der Waals surface area contributed by atoms with Crippen LogP contribution in [-0.2, 0) is 12.8 Å². The minimum atomic E-state index is 0.598. The smallest absolute Gasteiger partial charge is 0.226 e. The predicted octanol–water partition coefficient (Wildman–Crippen LogP) is 3.34. The van der Waals surface area contributed by atoms with E-state index in [1.54, 1.807) is 0 Å². The summed E-state index contributed by atoms with van der Waals surface area (Å²) in [6, 6.07) is 8.14. The molecule has 0 aliphatic rings. The van der Waals surface area contributed by atoms with Gasteiger partial charge < -0.3 is 10.3 Å². The number of aryl methyl sites for hydroxylation is 1. The van der Waals surface area contributed by atoms with Crippen molar-refractivity contribution < 1.29 is 4.52 Å². The summed E-state index contributed by atoms with van der Waals surface area (Å²) in [5, 5.41) is 4.04. The van der Waals surface area contributed by atoms with E-state index in [4.69, 9.17) is 10.3 Å². The van der Waals surface area contributed by atoms with Crippen molar-refractivity contribution in [2.24, 2.45) is 11.7 Å². The molecule has 0 aliphatic heterocycles. The normalized spacial score (nSPS) is 12.6. The van der Waals surface area contributed by atoms with Crippen molar-refractivity contribution in [1.29, 1.82) is 0 Å². The Bertz CT molecular complexity index is 541. The van der Waals surface area contributed by atoms with Crippen molar-refractivity contribution in [3.8, 4) is 0 Å². The van der Waals surface area contributed by atoms with Crippen LogP contribution in [0.4, 0.5) is 0 Å². The highest BCUT2D eigenvalue weighted by Gasteiger charge is 2.09. The molecule has 0 bridgehead atoms. The lowest BCUT2D eigenvalue weighted by molar-refractivity contribution is 0.358. The van der Waals surface area contributed by atoms with Crippen molar-refractivity contribution in [1.82, 2.24) is 10.1 Å². The molecule has 0 saturated heterocycles. The molecule has 20 heavy (non-hydrogen) atoms. The van der Waals surface area contributed by atoms with Crippen LogP contribution < -0.4 is 5.73 Å². The third kappa shape index (κ3) is 4.72. The number of hydrogen-bond acceptors (Lipinski definition) is 4. The molecular weight excluding hydrogens is 318 g/mol. The van der Waals surface area contributed by atoms with Crippen LogP contribution >= 0.6 is 15.9 Å². The van der Waals surface area contributed by atoms with Crippen molar-refractivity contribution >= 4 is 15.9 Å². The lowest BCUT2D eigenvalue weighted by Gasteiger charge is -2.06. The zero-order valence-electron chi connectivity index (χ0n) is 11.7. The second kappa shape index (κ2) is 7.55. The highest BCUT2D eigenvalue weighted by Crippen LogP contribution is 2.15. The molecule has 1 heterocycles. The Hall–Kier alpha value is -1.20. The summed E-state index contributed by atoms with van der Waals surface area (Å²) in [7, 11) is 0. The molecular formula is C15H20BrN3O. The second-order valence-electron chi connectivity index (χ2n) is 5.13. The highest BCUT2D eigenvalue weighted by atomic mass is 79.9. The van der Waals surface area contributed by atoms with Crippen molar-refractivity contribution in [3.05, 3.63) is 46.0 Å². The van der Waals surface area contributed by atoms with Gasteiger partial charge in [-0.25, -0.2) is 0 Å². The van der Waals surface area contributed by atoms with Gasteiger partial charge in [-0.05, 0) is 43.0 Å². The Balaban J connectivity index is 1.89. The second-order valence-corrected chi connectivity index (χ2v) is 6.05. The number of hydrogen-bond donors (Lipinski definition) is 1. The molecule has 1 aromatic carbocycles. The minimum Gasteiger partial charge on any atom is -0.339 e. The Labute approximate surface area is 127 Å². The molecule has 1 atom stereocenters. The Morgan fingerprint density at radius 3 is 2.95 bits per heavy atom.